The molecule has 0 bridgehead atoms. The summed E-state index contributed by atoms with van der Waals surface area (Å²) in [6.07, 6.45) is -6.35. The van der Waals surface area contributed by atoms with Crippen LogP contribution in [0.3, 0.4) is 0 Å². The Morgan fingerprint density at radius 3 is 2.07 bits per heavy atom. The minimum Gasteiger partial charge on any atom is -0.371 e. The Kier molecular flexibility index (Phi) is 8.08. The average Bonchev–Trinajstić information content (AvgIpc) is 2.58. The molecule has 0 aromatic heterocycles. The molecule has 162 valence electrons. The Morgan fingerprint density at radius 2 is 1.66 bits per heavy atom. The zero-order chi connectivity index (χ0) is 22.5. The highest BCUT2D eigenvalue weighted by Gasteiger charge is 2.37. The van der Waals surface area contributed by atoms with Crippen molar-refractivity contribution in [3.63, 3.8) is 0 Å². The van der Waals surface area contributed by atoms with Crippen LogP contribution in [0.1, 0.15) is 50.0 Å². The molecule has 0 aliphatic heterocycles. The van der Waals surface area contributed by atoms with E-state index in [1.807, 2.05) is 0 Å². The largest absolute Gasteiger partial charge is 0.416 e. The summed E-state index contributed by atoms with van der Waals surface area (Å²) in [7, 11) is 0. The summed E-state index contributed by atoms with van der Waals surface area (Å²) in [5.41, 5.74) is -4.03. The monoisotopic (exact) mass is 423 g/mol. The van der Waals surface area contributed by atoms with Gasteiger partial charge >= 0.3 is 12.4 Å². The summed E-state index contributed by atoms with van der Waals surface area (Å²) in [5.74, 6) is -0.411. The van der Waals surface area contributed by atoms with E-state index in [1.165, 1.54) is 25.2 Å². The molecule has 1 rings (SSSR count). The molecule has 1 aromatic carbocycles. The van der Waals surface area contributed by atoms with Crippen LogP contribution in [-0.4, -0.2) is 18.1 Å². The second-order valence-electron chi connectivity index (χ2n) is 6.84. The number of hydrogen-bond donors (Lipinski definition) is 1. The Hall–Kier alpha value is -2.29. The Labute approximate surface area is 165 Å². The van der Waals surface area contributed by atoms with Gasteiger partial charge in [-0.1, -0.05) is 12.2 Å². The standard InChI is InChI=1S/C20H23F6NO2/c1-5-7-17(28)27-18(4,8-6-2)12-29-13(3)14-9-15(19(21,22)23)11-16(10-14)20(24,25)26/h5-7,9-11,13H,2,8,12H2,1,3-4H3,(H,27,28)/b7-5+/t13-,18-/m1/s1. The van der Waals surface area contributed by atoms with Gasteiger partial charge in [0, 0.05) is 0 Å². The summed E-state index contributed by atoms with van der Waals surface area (Å²) in [6, 6.07) is 1.32. The smallest absolute Gasteiger partial charge is 0.371 e. The van der Waals surface area contributed by atoms with E-state index in [2.05, 4.69) is 11.9 Å². The number of carbonyl (C=O) groups is 1. The first kappa shape index (κ1) is 24.7. The maximum atomic E-state index is 13.0. The number of rotatable bonds is 8. The van der Waals surface area contributed by atoms with Crippen molar-refractivity contribution in [1.82, 2.24) is 5.32 Å². The van der Waals surface area contributed by atoms with Gasteiger partial charge in [-0.3, -0.25) is 4.79 Å². The average molecular weight is 423 g/mol. The summed E-state index contributed by atoms with van der Waals surface area (Å²) in [4.78, 5) is 11.8. The third-order valence-electron chi connectivity index (χ3n) is 4.07. The lowest BCUT2D eigenvalue weighted by molar-refractivity contribution is -0.143. The molecule has 3 nitrogen and oxygen atoms in total. The molecule has 0 aliphatic carbocycles. The number of alkyl halides is 6. The van der Waals surface area contributed by atoms with Crippen LogP contribution in [0.5, 0.6) is 0 Å². The van der Waals surface area contributed by atoms with Crippen molar-refractivity contribution in [3.05, 3.63) is 59.7 Å². The third kappa shape index (κ3) is 7.56. The molecule has 1 aromatic rings. The maximum absolute atomic E-state index is 13.0. The SMILES string of the molecule is C=CC[C@](C)(CO[C@H](C)c1cc(C(F)(F)F)cc(C(F)(F)F)c1)NC(=O)/C=C/C. The number of halogens is 6. The lowest BCUT2D eigenvalue weighted by Crippen LogP contribution is -2.48. The second-order valence-corrected chi connectivity index (χ2v) is 6.84. The van der Waals surface area contributed by atoms with Gasteiger partial charge in [-0.05, 0) is 57.0 Å². The van der Waals surface area contributed by atoms with Gasteiger partial charge in [-0.15, -0.1) is 6.58 Å². The lowest BCUT2D eigenvalue weighted by atomic mass is 9.98. The van der Waals surface area contributed by atoms with Gasteiger partial charge in [0.2, 0.25) is 5.91 Å². The molecule has 1 amide bonds. The van der Waals surface area contributed by atoms with Crippen molar-refractivity contribution < 1.29 is 35.9 Å². The van der Waals surface area contributed by atoms with E-state index in [1.54, 1.807) is 13.8 Å². The van der Waals surface area contributed by atoms with E-state index in [-0.39, 0.29) is 24.7 Å². The van der Waals surface area contributed by atoms with Crippen molar-refractivity contribution in [2.75, 3.05) is 6.61 Å². The van der Waals surface area contributed by atoms with Crippen LogP contribution in [0.4, 0.5) is 26.3 Å². The Balaban J connectivity index is 3.12. The van der Waals surface area contributed by atoms with Crippen LogP contribution in [-0.2, 0) is 21.9 Å². The summed E-state index contributed by atoms with van der Waals surface area (Å²) in [5, 5.41) is 2.69. The van der Waals surface area contributed by atoms with Crippen LogP contribution in [0.25, 0.3) is 0 Å². The van der Waals surface area contributed by atoms with Crippen LogP contribution >= 0.6 is 0 Å². The number of amides is 1. The maximum Gasteiger partial charge on any atom is 0.416 e. The van der Waals surface area contributed by atoms with E-state index in [9.17, 15) is 31.1 Å². The zero-order valence-electron chi connectivity index (χ0n) is 16.2. The van der Waals surface area contributed by atoms with Crippen molar-refractivity contribution in [1.29, 1.82) is 0 Å². The molecule has 0 heterocycles. The lowest BCUT2D eigenvalue weighted by Gasteiger charge is -2.31. The van der Waals surface area contributed by atoms with E-state index < -0.39 is 41.0 Å². The van der Waals surface area contributed by atoms with Gasteiger partial charge in [0.15, 0.2) is 0 Å². The fraction of sp³-hybridized carbons (Fsp3) is 0.450. The van der Waals surface area contributed by atoms with Crippen molar-refractivity contribution in [2.45, 2.75) is 51.2 Å². The first-order chi connectivity index (χ1) is 13.2. The molecule has 0 fully saturated rings. The fourth-order valence-electron chi connectivity index (χ4n) is 2.57. The molecule has 0 radical (unpaired) electrons. The predicted molar refractivity (Wildman–Crippen MR) is 97.0 cm³/mol. The quantitative estimate of drug-likeness (QED) is 0.325. The number of allylic oxidation sites excluding steroid dienone is 1. The second kappa shape index (κ2) is 9.47. The minimum absolute atomic E-state index is 0.0648. The van der Waals surface area contributed by atoms with Crippen molar-refractivity contribution in [2.24, 2.45) is 0 Å². The molecule has 0 saturated heterocycles. The Bertz CT molecular complexity index is 722. The van der Waals surface area contributed by atoms with Crippen LogP contribution < -0.4 is 5.32 Å². The number of benzene rings is 1. The normalized spacial score (nSPS) is 15.8. The number of hydrogen-bond acceptors (Lipinski definition) is 2. The highest BCUT2D eigenvalue weighted by molar-refractivity contribution is 5.88. The van der Waals surface area contributed by atoms with Crippen molar-refractivity contribution >= 4 is 5.91 Å². The minimum atomic E-state index is -4.94. The molecule has 0 saturated carbocycles. The molecule has 29 heavy (non-hydrogen) atoms. The molecule has 9 heteroatoms. The van der Waals surface area contributed by atoms with E-state index in [4.69, 9.17) is 4.74 Å². The molecular weight excluding hydrogens is 400 g/mol. The molecule has 0 spiro atoms. The van der Waals surface area contributed by atoms with E-state index in [0.29, 0.717) is 12.1 Å². The highest BCUT2D eigenvalue weighted by Crippen LogP contribution is 2.38. The number of carbonyl (C=O) groups excluding carboxylic acids is 1. The van der Waals surface area contributed by atoms with Gasteiger partial charge in [0.05, 0.1) is 29.4 Å². The Morgan fingerprint density at radius 1 is 1.14 bits per heavy atom. The van der Waals surface area contributed by atoms with E-state index in [0.717, 1.165) is 0 Å². The molecule has 2 atom stereocenters. The molecule has 0 unspecified atom stereocenters. The van der Waals surface area contributed by atoms with E-state index >= 15 is 0 Å². The highest BCUT2D eigenvalue weighted by atomic mass is 19.4. The van der Waals surface area contributed by atoms with Crippen molar-refractivity contribution in [3.8, 4) is 0 Å². The molecule has 0 aliphatic rings. The number of ether oxygens (including phenoxy) is 1. The van der Waals surface area contributed by atoms with Gasteiger partial charge < -0.3 is 10.1 Å². The number of nitrogens with one attached hydrogen (secondary N) is 1. The first-order valence-corrected chi connectivity index (χ1v) is 8.68. The topological polar surface area (TPSA) is 38.3 Å². The summed E-state index contributed by atoms with van der Waals surface area (Å²) < 4.78 is 83.6. The van der Waals surface area contributed by atoms with Gasteiger partial charge in [0.25, 0.3) is 0 Å². The third-order valence-corrected chi connectivity index (χ3v) is 4.07. The van der Waals surface area contributed by atoms with Gasteiger partial charge in [0.1, 0.15) is 0 Å². The zero-order valence-corrected chi connectivity index (χ0v) is 16.2. The predicted octanol–water partition coefficient (Wildman–Crippen LogP) is 5.83. The van der Waals surface area contributed by atoms with Crippen LogP contribution in [0.15, 0.2) is 43.0 Å². The molecule has 1 N–H and O–H groups in total. The fourth-order valence-corrected chi connectivity index (χ4v) is 2.57. The summed E-state index contributed by atoms with van der Waals surface area (Å²) in [6.45, 7) is 8.06. The van der Waals surface area contributed by atoms with Gasteiger partial charge in [-0.25, -0.2) is 0 Å². The van der Waals surface area contributed by atoms with Crippen LogP contribution in [0.2, 0.25) is 0 Å². The molecular formula is C20H23F6NO2. The van der Waals surface area contributed by atoms with Gasteiger partial charge in [-0.2, -0.15) is 26.3 Å². The summed E-state index contributed by atoms with van der Waals surface area (Å²) >= 11 is 0. The first-order valence-electron chi connectivity index (χ1n) is 8.68. The van der Waals surface area contributed by atoms with Crippen LogP contribution in [0, 0.1) is 0 Å².